The van der Waals surface area contributed by atoms with Gasteiger partial charge in [-0.15, -0.1) is 0 Å². The van der Waals surface area contributed by atoms with Crippen LogP contribution in [0.15, 0.2) is 18.2 Å². The molecule has 122 valence electrons. The number of aromatic nitrogens is 1. The van der Waals surface area contributed by atoms with Crippen molar-refractivity contribution in [2.45, 2.75) is 27.2 Å². The number of carbonyl (C=O) groups excluding carboxylic acids is 2. The lowest BCUT2D eigenvalue weighted by molar-refractivity contribution is -0.120. The van der Waals surface area contributed by atoms with Crippen LogP contribution in [0.2, 0.25) is 0 Å². The molecule has 0 fully saturated rings. The normalized spacial score (nSPS) is 10.6. The summed E-state index contributed by atoms with van der Waals surface area (Å²) in [6, 6.07) is 5.46. The second-order valence-corrected chi connectivity index (χ2v) is 6.92. The molecule has 0 bridgehead atoms. The molecule has 3 N–H and O–H groups in total. The minimum absolute atomic E-state index is 0.119. The number of hydrogen-bond donors (Lipinski definition) is 3. The Morgan fingerprint density at radius 3 is 2.70 bits per heavy atom. The molecule has 2 rings (SSSR count). The summed E-state index contributed by atoms with van der Waals surface area (Å²) in [5.74, 6) is 0.0280. The van der Waals surface area contributed by atoms with E-state index in [9.17, 15) is 9.59 Å². The Labute approximate surface area is 143 Å². The van der Waals surface area contributed by atoms with Gasteiger partial charge in [-0.3, -0.25) is 9.59 Å². The van der Waals surface area contributed by atoms with E-state index < -0.39 is 0 Å². The SMILES string of the molecule is CC(=O)Nc1ccc2nc(NC(=S)NC(=O)CC(C)C)sc2c1. The van der Waals surface area contributed by atoms with E-state index in [4.69, 9.17) is 12.2 Å². The largest absolute Gasteiger partial charge is 0.326 e. The molecule has 0 saturated carbocycles. The molecule has 0 radical (unpaired) electrons. The number of thiocarbonyl (C=S) groups is 1. The molecule has 0 unspecified atom stereocenters. The molecule has 1 aromatic heterocycles. The van der Waals surface area contributed by atoms with Gasteiger partial charge in [0, 0.05) is 19.0 Å². The fourth-order valence-corrected chi connectivity index (χ4v) is 3.12. The van der Waals surface area contributed by atoms with Crippen LogP contribution in [-0.2, 0) is 9.59 Å². The van der Waals surface area contributed by atoms with Crippen LogP contribution in [0.1, 0.15) is 27.2 Å². The highest BCUT2D eigenvalue weighted by atomic mass is 32.1. The van der Waals surface area contributed by atoms with Gasteiger partial charge >= 0.3 is 0 Å². The van der Waals surface area contributed by atoms with Gasteiger partial charge in [-0.2, -0.15) is 0 Å². The maximum atomic E-state index is 11.7. The van der Waals surface area contributed by atoms with Crippen LogP contribution >= 0.6 is 23.6 Å². The Morgan fingerprint density at radius 1 is 1.30 bits per heavy atom. The molecule has 8 heteroatoms. The van der Waals surface area contributed by atoms with E-state index in [-0.39, 0.29) is 22.8 Å². The molecule has 6 nitrogen and oxygen atoms in total. The fourth-order valence-electron chi connectivity index (χ4n) is 1.94. The number of amides is 2. The molecular weight excluding hydrogens is 332 g/mol. The number of thiazole rings is 1. The average Bonchev–Trinajstić information content (AvgIpc) is 2.77. The third kappa shape index (κ3) is 5.26. The molecule has 0 saturated heterocycles. The zero-order valence-electron chi connectivity index (χ0n) is 13.1. The van der Waals surface area contributed by atoms with Gasteiger partial charge in [-0.25, -0.2) is 4.98 Å². The van der Waals surface area contributed by atoms with Crippen LogP contribution in [-0.4, -0.2) is 21.9 Å². The van der Waals surface area contributed by atoms with Crippen molar-refractivity contribution < 1.29 is 9.59 Å². The number of fused-ring (bicyclic) bond motifs is 1. The van der Waals surface area contributed by atoms with E-state index in [2.05, 4.69) is 20.9 Å². The highest BCUT2D eigenvalue weighted by molar-refractivity contribution is 7.80. The molecule has 0 spiro atoms. The summed E-state index contributed by atoms with van der Waals surface area (Å²) in [6.45, 7) is 5.40. The second kappa shape index (κ2) is 7.47. The predicted molar refractivity (Wildman–Crippen MR) is 97.7 cm³/mol. The summed E-state index contributed by atoms with van der Waals surface area (Å²) in [5.41, 5.74) is 1.51. The predicted octanol–water partition coefficient (Wildman–Crippen LogP) is 3.11. The van der Waals surface area contributed by atoms with Crippen molar-refractivity contribution in [2.75, 3.05) is 10.6 Å². The first-order valence-electron chi connectivity index (χ1n) is 7.12. The number of carbonyl (C=O) groups is 2. The van der Waals surface area contributed by atoms with Gasteiger partial charge in [0.15, 0.2) is 10.2 Å². The third-order valence-electron chi connectivity index (χ3n) is 2.78. The van der Waals surface area contributed by atoms with E-state index in [0.29, 0.717) is 17.2 Å². The van der Waals surface area contributed by atoms with Gasteiger partial charge in [0.2, 0.25) is 11.8 Å². The number of nitrogens with one attached hydrogen (secondary N) is 3. The fraction of sp³-hybridized carbons (Fsp3) is 0.333. The Hall–Kier alpha value is -2.06. The zero-order valence-corrected chi connectivity index (χ0v) is 14.7. The lowest BCUT2D eigenvalue weighted by atomic mass is 10.1. The first-order valence-corrected chi connectivity index (χ1v) is 8.35. The monoisotopic (exact) mass is 350 g/mol. The Morgan fingerprint density at radius 2 is 2.04 bits per heavy atom. The van der Waals surface area contributed by atoms with Gasteiger partial charge in [0.1, 0.15) is 0 Å². The van der Waals surface area contributed by atoms with Crippen molar-refractivity contribution in [3.63, 3.8) is 0 Å². The van der Waals surface area contributed by atoms with Crippen molar-refractivity contribution in [3.8, 4) is 0 Å². The van der Waals surface area contributed by atoms with E-state index in [0.717, 1.165) is 10.2 Å². The van der Waals surface area contributed by atoms with E-state index >= 15 is 0 Å². The summed E-state index contributed by atoms with van der Waals surface area (Å²) in [4.78, 5) is 27.2. The number of hydrogen-bond acceptors (Lipinski definition) is 5. The van der Waals surface area contributed by atoms with Crippen LogP contribution in [0.5, 0.6) is 0 Å². The first-order chi connectivity index (χ1) is 10.8. The Kier molecular flexibility index (Phi) is 5.62. The maximum absolute atomic E-state index is 11.7. The lowest BCUT2D eigenvalue weighted by Crippen LogP contribution is -2.34. The molecule has 2 amide bonds. The number of nitrogens with zero attached hydrogens (tertiary/aromatic N) is 1. The van der Waals surface area contributed by atoms with E-state index in [1.54, 1.807) is 6.07 Å². The molecule has 0 aliphatic carbocycles. The topological polar surface area (TPSA) is 83.1 Å². The summed E-state index contributed by atoms with van der Waals surface area (Å²) in [5, 5.41) is 9.10. The van der Waals surface area contributed by atoms with E-state index in [1.165, 1.54) is 18.3 Å². The first kappa shape index (κ1) is 17.3. The molecule has 1 heterocycles. The maximum Gasteiger partial charge on any atom is 0.226 e. The van der Waals surface area contributed by atoms with Crippen molar-refractivity contribution in [1.82, 2.24) is 10.3 Å². The Bertz CT molecular complexity index is 755. The summed E-state index contributed by atoms with van der Waals surface area (Å²) < 4.78 is 0.912. The zero-order chi connectivity index (χ0) is 17.0. The quantitative estimate of drug-likeness (QED) is 0.738. The molecule has 0 atom stereocenters. The smallest absolute Gasteiger partial charge is 0.226 e. The molecule has 2 aromatic rings. The van der Waals surface area contributed by atoms with Crippen molar-refractivity contribution >= 4 is 61.5 Å². The van der Waals surface area contributed by atoms with Gasteiger partial charge in [0.25, 0.3) is 0 Å². The van der Waals surface area contributed by atoms with Gasteiger partial charge in [-0.1, -0.05) is 25.2 Å². The number of rotatable bonds is 4. The summed E-state index contributed by atoms with van der Waals surface area (Å²) in [6.07, 6.45) is 0.418. The number of benzene rings is 1. The van der Waals surface area contributed by atoms with Crippen molar-refractivity contribution in [2.24, 2.45) is 5.92 Å². The Balaban J connectivity index is 2.04. The molecule has 1 aromatic carbocycles. The average molecular weight is 350 g/mol. The minimum Gasteiger partial charge on any atom is -0.326 e. The van der Waals surface area contributed by atoms with Crippen LogP contribution in [0, 0.1) is 5.92 Å². The summed E-state index contributed by atoms with van der Waals surface area (Å²) >= 11 is 6.51. The van der Waals surface area contributed by atoms with Gasteiger partial charge in [-0.05, 0) is 36.3 Å². The standard InChI is InChI=1S/C15H18N4O2S2/c1-8(2)6-13(21)18-14(22)19-15-17-11-5-4-10(16-9(3)20)7-12(11)23-15/h4-5,7-8H,6H2,1-3H3,(H,16,20)(H2,17,18,19,21,22). The van der Waals surface area contributed by atoms with E-state index in [1.807, 2.05) is 26.0 Å². The van der Waals surface area contributed by atoms with Crippen LogP contribution in [0.4, 0.5) is 10.8 Å². The van der Waals surface area contributed by atoms with Gasteiger partial charge in [0.05, 0.1) is 10.2 Å². The molecule has 0 aliphatic heterocycles. The van der Waals surface area contributed by atoms with Gasteiger partial charge < -0.3 is 16.0 Å². The van der Waals surface area contributed by atoms with Crippen LogP contribution in [0.3, 0.4) is 0 Å². The number of anilines is 2. The molecule has 23 heavy (non-hydrogen) atoms. The third-order valence-corrected chi connectivity index (χ3v) is 3.91. The molecule has 0 aliphatic rings. The van der Waals surface area contributed by atoms with Crippen molar-refractivity contribution in [3.05, 3.63) is 18.2 Å². The lowest BCUT2D eigenvalue weighted by Gasteiger charge is -2.08. The summed E-state index contributed by atoms with van der Waals surface area (Å²) in [7, 11) is 0. The van der Waals surface area contributed by atoms with Crippen LogP contribution in [0.25, 0.3) is 10.2 Å². The van der Waals surface area contributed by atoms with Crippen molar-refractivity contribution in [1.29, 1.82) is 0 Å². The minimum atomic E-state index is -0.124. The second-order valence-electron chi connectivity index (χ2n) is 5.48. The molecular formula is C15H18N4O2S2. The highest BCUT2D eigenvalue weighted by Gasteiger charge is 2.10. The highest BCUT2D eigenvalue weighted by Crippen LogP contribution is 2.28. The van der Waals surface area contributed by atoms with Crippen LogP contribution < -0.4 is 16.0 Å².